The smallest absolute Gasteiger partial charge is 0.0351 e. The Morgan fingerprint density at radius 1 is 1.19 bits per heavy atom. The van der Waals surface area contributed by atoms with Gasteiger partial charge in [0, 0.05) is 12.6 Å². The van der Waals surface area contributed by atoms with Crippen molar-refractivity contribution in [1.29, 1.82) is 0 Å². The average Bonchev–Trinajstić information content (AvgIpc) is 3.14. The molecule has 0 spiro atoms. The quantitative estimate of drug-likeness (QED) is 0.812. The molecule has 1 heterocycles. The van der Waals surface area contributed by atoms with Crippen molar-refractivity contribution in [3.8, 4) is 0 Å². The van der Waals surface area contributed by atoms with E-state index < -0.39 is 0 Å². The van der Waals surface area contributed by atoms with E-state index in [1.54, 1.807) is 11.1 Å². The number of hydrogen-bond donors (Lipinski definition) is 1. The summed E-state index contributed by atoms with van der Waals surface area (Å²) in [5.74, 6) is 1.67. The zero-order valence-electron chi connectivity index (χ0n) is 10.1. The van der Waals surface area contributed by atoms with Crippen LogP contribution in [0, 0.1) is 5.92 Å². The van der Waals surface area contributed by atoms with Gasteiger partial charge < -0.3 is 5.32 Å². The molecular weight excluding hydrogens is 194 g/mol. The fourth-order valence-electron chi connectivity index (χ4n) is 3.11. The van der Waals surface area contributed by atoms with Crippen LogP contribution in [0.3, 0.4) is 0 Å². The van der Waals surface area contributed by atoms with Crippen LogP contribution in [0.1, 0.15) is 55.7 Å². The second kappa shape index (κ2) is 4.21. The Morgan fingerprint density at radius 2 is 1.94 bits per heavy atom. The maximum absolute atomic E-state index is 3.77. The molecule has 0 amide bonds. The molecule has 86 valence electrons. The Morgan fingerprint density at radius 3 is 2.62 bits per heavy atom. The molecule has 1 saturated carbocycles. The van der Waals surface area contributed by atoms with Crippen molar-refractivity contribution in [1.82, 2.24) is 5.32 Å². The lowest BCUT2D eigenvalue weighted by atomic mass is 9.83. The highest BCUT2D eigenvalue weighted by molar-refractivity contribution is 5.36. The van der Waals surface area contributed by atoms with Gasteiger partial charge in [0.15, 0.2) is 0 Å². The Kier molecular flexibility index (Phi) is 2.72. The summed E-state index contributed by atoms with van der Waals surface area (Å²) >= 11 is 0. The van der Waals surface area contributed by atoms with Crippen LogP contribution >= 0.6 is 0 Å². The maximum atomic E-state index is 3.77. The van der Waals surface area contributed by atoms with E-state index in [9.17, 15) is 0 Å². The summed E-state index contributed by atoms with van der Waals surface area (Å²) in [5, 5.41) is 3.77. The first-order valence-corrected chi connectivity index (χ1v) is 6.72. The third-order valence-electron chi connectivity index (χ3n) is 4.09. The predicted octanol–water partition coefficient (Wildman–Crippen LogP) is 3.62. The van der Waals surface area contributed by atoms with Crippen molar-refractivity contribution >= 4 is 0 Å². The van der Waals surface area contributed by atoms with Gasteiger partial charge in [-0.05, 0) is 42.2 Å². The Bertz CT molecular complexity index is 367. The summed E-state index contributed by atoms with van der Waals surface area (Å²) < 4.78 is 0. The summed E-state index contributed by atoms with van der Waals surface area (Å²) in [5.41, 5.74) is 3.22. The van der Waals surface area contributed by atoms with E-state index in [0.717, 1.165) is 11.8 Å². The van der Waals surface area contributed by atoms with Gasteiger partial charge in [0.25, 0.3) is 0 Å². The topological polar surface area (TPSA) is 12.0 Å². The summed E-state index contributed by atoms with van der Waals surface area (Å²) in [6, 6.07) is 9.75. The molecule has 1 fully saturated rings. The molecule has 1 heteroatoms. The second-order valence-corrected chi connectivity index (χ2v) is 5.34. The van der Waals surface area contributed by atoms with Crippen molar-refractivity contribution in [2.75, 3.05) is 6.54 Å². The Balaban J connectivity index is 1.92. The third-order valence-corrected chi connectivity index (χ3v) is 4.09. The summed E-state index contributed by atoms with van der Waals surface area (Å²) in [4.78, 5) is 0. The number of benzene rings is 1. The molecular formula is C15H21N. The molecule has 2 unspecified atom stereocenters. The van der Waals surface area contributed by atoms with Gasteiger partial charge in [0.2, 0.25) is 0 Å². The van der Waals surface area contributed by atoms with Gasteiger partial charge in [0.05, 0.1) is 0 Å². The van der Waals surface area contributed by atoms with Crippen LogP contribution in [0.2, 0.25) is 0 Å². The van der Waals surface area contributed by atoms with Crippen LogP contribution in [0.25, 0.3) is 0 Å². The highest BCUT2D eigenvalue weighted by Gasteiger charge is 2.36. The van der Waals surface area contributed by atoms with Gasteiger partial charge in [0.1, 0.15) is 0 Å². The minimum atomic E-state index is 0.657. The van der Waals surface area contributed by atoms with Crippen molar-refractivity contribution in [3.05, 3.63) is 35.4 Å². The van der Waals surface area contributed by atoms with Crippen molar-refractivity contribution in [2.24, 2.45) is 5.92 Å². The standard InChI is InChI=1S/C15H21N/c1-2-5-12-10-16-15(11-8-9-11)14-7-4-3-6-13(12)14/h3-4,6-7,11-12,15-16H,2,5,8-10H2,1H3. The van der Waals surface area contributed by atoms with Gasteiger partial charge in [-0.2, -0.15) is 0 Å². The zero-order chi connectivity index (χ0) is 11.0. The van der Waals surface area contributed by atoms with E-state index in [-0.39, 0.29) is 0 Å². The van der Waals surface area contributed by atoms with E-state index in [4.69, 9.17) is 0 Å². The van der Waals surface area contributed by atoms with Crippen LogP contribution in [0.4, 0.5) is 0 Å². The fraction of sp³-hybridized carbons (Fsp3) is 0.600. The summed E-state index contributed by atoms with van der Waals surface area (Å²) in [6.07, 6.45) is 5.45. The first kappa shape index (κ1) is 10.3. The normalized spacial score (nSPS) is 28.8. The Labute approximate surface area is 98.3 Å². The minimum Gasteiger partial charge on any atom is -0.309 e. The van der Waals surface area contributed by atoms with Gasteiger partial charge in [-0.15, -0.1) is 0 Å². The van der Waals surface area contributed by atoms with E-state index >= 15 is 0 Å². The number of rotatable bonds is 3. The zero-order valence-corrected chi connectivity index (χ0v) is 10.1. The molecule has 16 heavy (non-hydrogen) atoms. The first-order chi connectivity index (χ1) is 7.90. The van der Waals surface area contributed by atoms with Crippen molar-refractivity contribution in [3.63, 3.8) is 0 Å². The number of fused-ring (bicyclic) bond motifs is 1. The van der Waals surface area contributed by atoms with E-state index in [1.165, 1.54) is 32.2 Å². The molecule has 1 nitrogen and oxygen atoms in total. The Hall–Kier alpha value is -0.820. The van der Waals surface area contributed by atoms with Crippen LogP contribution in [0.15, 0.2) is 24.3 Å². The van der Waals surface area contributed by atoms with E-state index in [2.05, 4.69) is 36.5 Å². The molecule has 1 N–H and O–H groups in total. The molecule has 1 aliphatic heterocycles. The summed E-state index contributed by atoms with van der Waals surface area (Å²) in [6.45, 7) is 3.47. The molecule has 2 atom stereocenters. The molecule has 0 aromatic heterocycles. The van der Waals surface area contributed by atoms with Gasteiger partial charge >= 0.3 is 0 Å². The lowest BCUT2D eigenvalue weighted by Gasteiger charge is -2.33. The first-order valence-electron chi connectivity index (χ1n) is 6.72. The molecule has 0 saturated heterocycles. The van der Waals surface area contributed by atoms with Crippen LogP contribution in [-0.2, 0) is 0 Å². The molecule has 1 aromatic rings. The second-order valence-electron chi connectivity index (χ2n) is 5.34. The summed E-state index contributed by atoms with van der Waals surface area (Å²) in [7, 11) is 0. The van der Waals surface area contributed by atoms with Crippen molar-refractivity contribution in [2.45, 2.75) is 44.6 Å². The molecule has 2 aliphatic rings. The maximum Gasteiger partial charge on any atom is 0.0351 e. The fourth-order valence-corrected chi connectivity index (χ4v) is 3.11. The highest BCUT2D eigenvalue weighted by atomic mass is 14.9. The van der Waals surface area contributed by atoms with Crippen LogP contribution < -0.4 is 5.32 Å². The van der Waals surface area contributed by atoms with Gasteiger partial charge in [-0.25, -0.2) is 0 Å². The lowest BCUT2D eigenvalue weighted by Crippen LogP contribution is -2.34. The third kappa shape index (κ3) is 1.78. The van der Waals surface area contributed by atoms with Crippen molar-refractivity contribution < 1.29 is 0 Å². The molecule has 1 aliphatic carbocycles. The number of hydrogen-bond acceptors (Lipinski definition) is 1. The largest absolute Gasteiger partial charge is 0.309 e. The lowest BCUT2D eigenvalue weighted by molar-refractivity contribution is 0.406. The average molecular weight is 215 g/mol. The van der Waals surface area contributed by atoms with E-state index in [1.807, 2.05) is 0 Å². The molecule has 0 radical (unpaired) electrons. The van der Waals surface area contributed by atoms with Crippen LogP contribution in [-0.4, -0.2) is 6.54 Å². The minimum absolute atomic E-state index is 0.657. The molecule has 0 bridgehead atoms. The highest BCUT2D eigenvalue weighted by Crippen LogP contribution is 2.45. The number of nitrogens with one attached hydrogen (secondary N) is 1. The van der Waals surface area contributed by atoms with Crippen LogP contribution in [0.5, 0.6) is 0 Å². The van der Waals surface area contributed by atoms with Gasteiger partial charge in [-0.3, -0.25) is 0 Å². The SMILES string of the molecule is CCCC1CNC(C2CC2)c2ccccc21. The monoisotopic (exact) mass is 215 g/mol. The molecule has 3 rings (SSSR count). The predicted molar refractivity (Wildman–Crippen MR) is 67.6 cm³/mol. The van der Waals surface area contributed by atoms with E-state index in [0.29, 0.717) is 6.04 Å². The van der Waals surface area contributed by atoms with Gasteiger partial charge in [-0.1, -0.05) is 37.6 Å². The molecule has 1 aromatic carbocycles.